The second-order valence-corrected chi connectivity index (χ2v) is 6.25. The molecule has 3 heteroatoms. The summed E-state index contributed by atoms with van der Waals surface area (Å²) < 4.78 is 5.61. The van der Waals surface area contributed by atoms with Crippen molar-refractivity contribution in [1.82, 2.24) is 0 Å². The highest BCUT2D eigenvalue weighted by Crippen LogP contribution is 2.49. The van der Waals surface area contributed by atoms with E-state index in [9.17, 15) is 9.59 Å². The molecule has 2 fully saturated rings. The average Bonchev–Trinajstić information content (AvgIpc) is 2.68. The van der Waals surface area contributed by atoms with Gasteiger partial charge in [-0.15, -0.1) is 0 Å². The van der Waals surface area contributed by atoms with E-state index in [1.165, 1.54) is 0 Å². The maximum Gasteiger partial charge on any atom is 0.309 e. The fraction of sp³-hybridized carbons (Fsp3) is 0.733. The lowest BCUT2D eigenvalue weighted by Gasteiger charge is -2.28. The average molecular weight is 248 g/mol. The predicted molar refractivity (Wildman–Crippen MR) is 66.7 cm³/mol. The van der Waals surface area contributed by atoms with Crippen LogP contribution in [0.4, 0.5) is 0 Å². The molecule has 18 heavy (non-hydrogen) atoms. The molecule has 0 spiro atoms. The molecule has 0 radical (unpaired) electrons. The predicted octanol–water partition coefficient (Wildman–Crippen LogP) is 2.36. The van der Waals surface area contributed by atoms with Crippen molar-refractivity contribution in [3.63, 3.8) is 0 Å². The molecule has 3 aliphatic rings. The van der Waals surface area contributed by atoms with Crippen LogP contribution in [-0.4, -0.2) is 17.9 Å². The highest BCUT2D eigenvalue weighted by atomic mass is 16.6. The molecule has 0 unspecified atom stereocenters. The van der Waals surface area contributed by atoms with Crippen LogP contribution >= 0.6 is 0 Å². The van der Waals surface area contributed by atoms with E-state index in [0.717, 1.165) is 18.4 Å². The van der Waals surface area contributed by atoms with Gasteiger partial charge in [0.15, 0.2) is 5.78 Å². The zero-order chi connectivity index (χ0) is 13.0. The van der Waals surface area contributed by atoms with E-state index in [2.05, 4.69) is 6.92 Å². The number of hydrogen-bond donors (Lipinski definition) is 0. The van der Waals surface area contributed by atoms with Gasteiger partial charge in [-0.2, -0.15) is 0 Å². The van der Waals surface area contributed by atoms with Gasteiger partial charge in [-0.05, 0) is 31.8 Å². The zero-order valence-corrected chi connectivity index (χ0v) is 11.2. The third-order valence-corrected chi connectivity index (χ3v) is 5.22. The Bertz CT molecular complexity index is 437. The summed E-state index contributed by atoms with van der Waals surface area (Å²) in [4.78, 5) is 23.9. The summed E-state index contributed by atoms with van der Waals surface area (Å²) in [5.41, 5.74) is 1.11. The van der Waals surface area contributed by atoms with Gasteiger partial charge in [-0.25, -0.2) is 0 Å². The van der Waals surface area contributed by atoms with Crippen LogP contribution in [0.5, 0.6) is 0 Å². The maximum absolute atomic E-state index is 12.1. The molecule has 1 aliphatic heterocycles. The fourth-order valence-corrected chi connectivity index (χ4v) is 4.15. The first-order valence-electron chi connectivity index (χ1n) is 6.93. The molecule has 0 bridgehead atoms. The standard InChI is InChI=1S/C15H20O3/c1-7-4-5-10-9(3)15(17)18-14(10)13-8(2)6-11(16)12(7)13/h6-7,9-10,12-14H,4-5H2,1-3H3/t7-,9-,10-,12-,13-,14+/m1/s1. The molecule has 0 aromatic rings. The zero-order valence-electron chi connectivity index (χ0n) is 11.2. The van der Waals surface area contributed by atoms with Gasteiger partial charge in [0, 0.05) is 17.8 Å². The van der Waals surface area contributed by atoms with Crippen molar-refractivity contribution in [2.24, 2.45) is 29.6 Å². The number of carbonyl (C=O) groups excluding carboxylic acids is 2. The lowest BCUT2D eigenvalue weighted by molar-refractivity contribution is -0.146. The van der Waals surface area contributed by atoms with Crippen molar-refractivity contribution in [2.45, 2.75) is 39.7 Å². The van der Waals surface area contributed by atoms with Crippen LogP contribution in [0.1, 0.15) is 33.6 Å². The number of esters is 1. The van der Waals surface area contributed by atoms with E-state index < -0.39 is 0 Å². The topological polar surface area (TPSA) is 43.4 Å². The molecule has 1 heterocycles. The van der Waals surface area contributed by atoms with E-state index in [-0.39, 0.29) is 35.6 Å². The maximum atomic E-state index is 12.1. The summed E-state index contributed by atoms with van der Waals surface area (Å²) in [5.74, 6) is 1.01. The molecular formula is C15H20O3. The normalized spacial score (nSPS) is 47.2. The molecule has 6 atom stereocenters. The van der Waals surface area contributed by atoms with Crippen molar-refractivity contribution in [3.05, 3.63) is 11.6 Å². The molecule has 1 saturated carbocycles. The van der Waals surface area contributed by atoms with Crippen molar-refractivity contribution in [2.75, 3.05) is 0 Å². The first-order chi connectivity index (χ1) is 8.50. The third kappa shape index (κ3) is 1.49. The van der Waals surface area contributed by atoms with Crippen LogP contribution in [-0.2, 0) is 14.3 Å². The second kappa shape index (κ2) is 3.94. The molecule has 1 saturated heterocycles. The molecule has 98 valence electrons. The minimum absolute atomic E-state index is 0.00977. The van der Waals surface area contributed by atoms with Gasteiger partial charge >= 0.3 is 5.97 Å². The number of allylic oxidation sites excluding steroid dienone is 1. The van der Waals surface area contributed by atoms with Crippen LogP contribution in [0.3, 0.4) is 0 Å². The number of carbonyl (C=O) groups is 2. The minimum atomic E-state index is -0.0783. The Morgan fingerprint density at radius 1 is 1.17 bits per heavy atom. The number of ketones is 1. The Balaban J connectivity index is 2.00. The first kappa shape index (κ1) is 11.9. The monoisotopic (exact) mass is 248 g/mol. The molecule has 3 nitrogen and oxygen atoms in total. The van der Waals surface area contributed by atoms with Gasteiger partial charge in [0.1, 0.15) is 6.10 Å². The Kier molecular flexibility index (Phi) is 2.61. The van der Waals surface area contributed by atoms with Crippen molar-refractivity contribution in [1.29, 1.82) is 0 Å². The molecule has 0 N–H and O–H groups in total. The van der Waals surface area contributed by atoms with Gasteiger partial charge in [0.2, 0.25) is 0 Å². The number of fused-ring (bicyclic) bond motifs is 3. The Labute approximate surface area is 108 Å². The molecular weight excluding hydrogens is 228 g/mol. The Hall–Kier alpha value is -1.12. The summed E-state index contributed by atoms with van der Waals surface area (Å²) in [7, 11) is 0. The number of hydrogen-bond acceptors (Lipinski definition) is 3. The molecule has 0 aromatic heterocycles. The number of ether oxygens (including phenoxy) is 1. The highest BCUT2D eigenvalue weighted by Gasteiger charge is 2.53. The molecule has 2 aliphatic carbocycles. The van der Waals surface area contributed by atoms with Gasteiger partial charge in [0.05, 0.1) is 5.92 Å². The lowest BCUT2D eigenvalue weighted by atomic mass is 9.77. The molecule has 0 aromatic carbocycles. The van der Waals surface area contributed by atoms with Crippen molar-refractivity contribution < 1.29 is 14.3 Å². The van der Waals surface area contributed by atoms with Crippen LogP contribution < -0.4 is 0 Å². The van der Waals surface area contributed by atoms with E-state index in [4.69, 9.17) is 4.74 Å². The summed E-state index contributed by atoms with van der Waals surface area (Å²) in [6.07, 6.45) is 3.73. The van der Waals surface area contributed by atoms with E-state index in [1.54, 1.807) is 6.08 Å². The summed E-state index contributed by atoms with van der Waals surface area (Å²) in [5, 5.41) is 0. The van der Waals surface area contributed by atoms with Gasteiger partial charge in [-0.1, -0.05) is 19.4 Å². The van der Waals surface area contributed by atoms with Crippen molar-refractivity contribution in [3.8, 4) is 0 Å². The van der Waals surface area contributed by atoms with Crippen LogP contribution in [0.2, 0.25) is 0 Å². The largest absolute Gasteiger partial charge is 0.461 e. The van der Waals surface area contributed by atoms with E-state index >= 15 is 0 Å². The molecule has 3 rings (SSSR count). The van der Waals surface area contributed by atoms with Crippen molar-refractivity contribution >= 4 is 11.8 Å². The van der Waals surface area contributed by atoms with Gasteiger partial charge < -0.3 is 4.74 Å². The smallest absolute Gasteiger partial charge is 0.309 e. The van der Waals surface area contributed by atoms with Crippen LogP contribution in [0.25, 0.3) is 0 Å². The Morgan fingerprint density at radius 3 is 2.61 bits per heavy atom. The van der Waals surface area contributed by atoms with Crippen LogP contribution in [0, 0.1) is 29.6 Å². The van der Waals surface area contributed by atoms with E-state index in [0.29, 0.717) is 11.8 Å². The van der Waals surface area contributed by atoms with Crippen LogP contribution in [0.15, 0.2) is 11.6 Å². The SMILES string of the molecule is CC1=CC(=O)[C@@H]2[C@@H]1[C@H]1OC(=O)[C@H](C)[C@H]1CC[C@H]2C. The second-order valence-electron chi connectivity index (χ2n) is 6.25. The number of rotatable bonds is 0. The highest BCUT2D eigenvalue weighted by molar-refractivity contribution is 5.96. The minimum Gasteiger partial charge on any atom is -0.461 e. The third-order valence-electron chi connectivity index (χ3n) is 5.22. The lowest BCUT2D eigenvalue weighted by Crippen LogP contribution is -2.33. The van der Waals surface area contributed by atoms with Gasteiger partial charge in [-0.3, -0.25) is 9.59 Å². The van der Waals surface area contributed by atoms with Gasteiger partial charge in [0.25, 0.3) is 0 Å². The first-order valence-corrected chi connectivity index (χ1v) is 6.93. The molecule has 0 amide bonds. The fourth-order valence-electron chi connectivity index (χ4n) is 4.15. The summed E-state index contributed by atoms with van der Waals surface area (Å²) in [6, 6.07) is 0. The summed E-state index contributed by atoms with van der Waals surface area (Å²) in [6.45, 7) is 6.14. The Morgan fingerprint density at radius 2 is 1.89 bits per heavy atom. The summed E-state index contributed by atoms with van der Waals surface area (Å²) >= 11 is 0. The van der Waals surface area contributed by atoms with E-state index in [1.807, 2.05) is 13.8 Å². The quantitative estimate of drug-likeness (QED) is 0.618.